The van der Waals surface area contributed by atoms with Crippen molar-refractivity contribution >= 4 is 22.0 Å². The second-order valence-electron chi connectivity index (χ2n) is 7.44. The first kappa shape index (κ1) is 19.1. The van der Waals surface area contributed by atoms with Crippen LogP contribution in [0.15, 0.2) is 35.7 Å². The number of carbonyl (C=O) groups is 1. The maximum atomic E-state index is 12.7. The third-order valence-electron chi connectivity index (χ3n) is 5.49. The molecule has 26 heavy (non-hydrogen) atoms. The molecule has 2 aliphatic heterocycles. The van der Waals surface area contributed by atoms with Gasteiger partial charge in [-0.05, 0) is 43.2 Å². The Kier molecular flexibility index (Phi) is 6.14. The summed E-state index contributed by atoms with van der Waals surface area (Å²) in [5, 5.41) is 1.27. The minimum atomic E-state index is -3.43. The summed E-state index contributed by atoms with van der Waals surface area (Å²) in [6, 6.07) is 9.40. The molecule has 2 heterocycles. The molecule has 5 nitrogen and oxygen atoms in total. The van der Waals surface area contributed by atoms with Gasteiger partial charge in [0.05, 0.1) is 0 Å². The van der Waals surface area contributed by atoms with Crippen LogP contribution in [0, 0.1) is 11.8 Å². The number of rotatable bonds is 4. The lowest BCUT2D eigenvalue weighted by Gasteiger charge is -2.36. The van der Waals surface area contributed by atoms with E-state index < -0.39 is 10.0 Å². The van der Waals surface area contributed by atoms with Crippen molar-refractivity contribution in [2.45, 2.75) is 32.6 Å². The lowest BCUT2D eigenvalue weighted by Crippen LogP contribution is -2.46. The number of hydrogen-bond acceptors (Lipinski definition) is 3. The molecule has 3 rings (SSSR count). The molecule has 0 aliphatic carbocycles. The van der Waals surface area contributed by atoms with Crippen molar-refractivity contribution < 1.29 is 13.2 Å². The molecule has 0 radical (unpaired) electrons. The highest BCUT2D eigenvalue weighted by Crippen LogP contribution is 2.25. The van der Waals surface area contributed by atoms with Crippen LogP contribution in [-0.4, -0.2) is 49.7 Å². The third-order valence-corrected chi connectivity index (χ3v) is 7.06. The fraction of sp³-hybridized carbons (Fsp3) is 0.550. The number of nitrogens with zero attached hydrogens (tertiary/aromatic N) is 2. The monoisotopic (exact) mass is 376 g/mol. The van der Waals surface area contributed by atoms with Crippen LogP contribution in [0.3, 0.4) is 0 Å². The number of piperidine rings is 2. The Morgan fingerprint density at radius 3 is 2.23 bits per heavy atom. The molecule has 2 aliphatic rings. The summed E-state index contributed by atoms with van der Waals surface area (Å²) in [6.07, 6.45) is 5.00. The molecule has 0 saturated carbocycles. The van der Waals surface area contributed by atoms with Crippen LogP contribution >= 0.6 is 0 Å². The fourth-order valence-electron chi connectivity index (χ4n) is 3.66. The van der Waals surface area contributed by atoms with Crippen molar-refractivity contribution in [3.8, 4) is 0 Å². The highest BCUT2D eigenvalue weighted by molar-refractivity contribution is 7.92. The lowest BCUT2D eigenvalue weighted by atomic mass is 9.93. The number of carbonyl (C=O) groups excluding carboxylic acids is 1. The van der Waals surface area contributed by atoms with Crippen LogP contribution in [0.2, 0.25) is 0 Å². The fourth-order valence-corrected chi connectivity index (χ4v) is 4.88. The zero-order valence-corrected chi connectivity index (χ0v) is 16.2. The molecule has 1 aromatic carbocycles. The first-order chi connectivity index (χ1) is 12.5. The summed E-state index contributed by atoms with van der Waals surface area (Å²) in [4.78, 5) is 14.6. The maximum absolute atomic E-state index is 12.7. The molecule has 2 saturated heterocycles. The molecule has 0 unspecified atom stereocenters. The average Bonchev–Trinajstić information content (AvgIpc) is 2.67. The zero-order valence-electron chi connectivity index (χ0n) is 15.4. The molecule has 0 N–H and O–H groups in total. The van der Waals surface area contributed by atoms with E-state index in [9.17, 15) is 13.2 Å². The second-order valence-corrected chi connectivity index (χ2v) is 9.26. The molecule has 0 bridgehead atoms. The Hall–Kier alpha value is -1.66. The van der Waals surface area contributed by atoms with Gasteiger partial charge in [-0.2, -0.15) is 4.31 Å². The molecule has 142 valence electrons. The van der Waals surface area contributed by atoms with Crippen LogP contribution in [-0.2, 0) is 14.8 Å². The van der Waals surface area contributed by atoms with Gasteiger partial charge in [0.1, 0.15) is 0 Å². The zero-order chi connectivity index (χ0) is 18.6. The smallest absolute Gasteiger partial charge is 0.236 e. The molecule has 1 amide bonds. The van der Waals surface area contributed by atoms with Gasteiger partial charge in [0.25, 0.3) is 0 Å². The SMILES string of the molecule is CC1CCN(C(=O)C2CCN(S(=O)(=O)C=Cc3ccccc3)CC2)CC1. The van der Waals surface area contributed by atoms with Gasteiger partial charge in [-0.3, -0.25) is 4.79 Å². The van der Waals surface area contributed by atoms with Crippen LogP contribution < -0.4 is 0 Å². The van der Waals surface area contributed by atoms with Gasteiger partial charge in [-0.1, -0.05) is 37.3 Å². The van der Waals surface area contributed by atoms with Crippen molar-refractivity contribution in [1.82, 2.24) is 9.21 Å². The van der Waals surface area contributed by atoms with Crippen molar-refractivity contribution in [1.29, 1.82) is 0 Å². The first-order valence-electron chi connectivity index (χ1n) is 9.48. The minimum Gasteiger partial charge on any atom is -0.342 e. The Balaban J connectivity index is 1.54. The van der Waals surface area contributed by atoms with Gasteiger partial charge in [0, 0.05) is 37.5 Å². The van der Waals surface area contributed by atoms with Crippen LogP contribution in [0.1, 0.15) is 38.2 Å². The number of benzene rings is 1. The first-order valence-corrected chi connectivity index (χ1v) is 11.0. The topological polar surface area (TPSA) is 57.7 Å². The van der Waals surface area contributed by atoms with Crippen molar-refractivity contribution in [3.05, 3.63) is 41.3 Å². The number of amides is 1. The molecule has 2 fully saturated rings. The Labute approximate surface area is 156 Å². The quantitative estimate of drug-likeness (QED) is 0.812. The largest absolute Gasteiger partial charge is 0.342 e. The van der Waals surface area contributed by atoms with Gasteiger partial charge in [-0.15, -0.1) is 0 Å². The summed E-state index contributed by atoms with van der Waals surface area (Å²) in [6.45, 7) is 4.76. The molecule has 0 spiro atoms. The minimum absolute atomic E-state index is 0.0343. The van der Waals surface area contributed by atoms with Gasteiger partial charge in [0.15, 0.2) is 0 Å². The molecule has 6 heteroatoms. The van der Waals surface area contributed by atoms with E-state index in [1.165, 1.54) is 9.71 Å². The standard InChI is InChI=1S/C20H28N2O3S/c1-17-7-12-21(13-8-17)20(23)19-9-14-22(15-10-19)26(24,25)16-11-18-5-3-2-4-6-18/h2-6,11,16-17,19H,7-10,12-15H2,1H3. The predicted octanol–water partition coefficient (Wildman–Crippen LogP) is 2.96. The highest BCUT2D eigenvalue weighted by Gasteiger charge is 2.33. The Morgan fingerprint density at radius 1 is 1.00 bits per heavy atom. The van der Waals surface area contributed by atoms with Gasteiger partial charge < -0.3 is 4.90 Å². The predicted molar refractivity (Wildman–Crippen MR) is 104 cm³/mol. The molecule has 0 aromatic heterocycles. The molecule has 1 aromatic rings. The summed E-state index contributed by atoms with van der Waals surface area (Å²) in [5.41, 5.74) is 0.862. The molecular weight excluding hydrogens is 348 g/mol. The summed E-state index contributed by atoms with van der Waals surface area (Å²) in [5.74, 6) is 0.879. The van der Waals surface area contributed by atoms with Gasteiger partial charge in [-0.25, -0.2) is 8.42 Å². The van der Waals surface area contributed by atoms with Crippen LogP contribution in [0.25, 0.3) is 6.08 Å². The number of hydrogen-bond donors (Lipinski definition) is 0. The van der Waals surface area contributed by atoms with Gasteiger partial charge in [0.2, 0.25) is 15.9 Å². The average molecular weight is 377 g/mol. The van der Waals surface area contributed by atoms with E-state index in [4.69, 9.17) is 0 Å². The van der Waals surface area contributed by atoms with E-state index in [2.05, 4.69) is 6.92 Å². The molecule has 0 atom stereocenters. The van der Waals surface area contributed by atoms with E-state index >= 15 is 0 Å². The Bertz CT molecular complexity index is 730. The van der Waals surface area contributed by atoms with Crippen molar-refractivity contribution in [2.24, 2.45) is 11.8 Å². The Morgan fingerprint density at radius 2 is 1.62 bits per heavy atom. The third kappa shape index (κ3) is 4.74. The lowest BCUT2D eigenvalue weighted by molar-refractivity contribution is -0.138. The summed E-state index contributed by atoms with van der Waals surface area (Å²) < 4.78 is 26.5. The second kappa shape index (κ2) is 8.35. The van der Waals surface area contributed by atoms with Crippen molar-refractivity contribution in [3.63, 3.8) is 0 Å². The van der Waals surface area contributed by atoms with Crippen LogP contribution in [0.4, 0.5) is 0 Å². The maximum Gasteiger partial charge on any atom is 0.236 e. The number of likely N-dealkylation sites (tertiary alicyclic amines) is 1. The normalized spacial score (nSPS) is 21.3. The summed E-state index contributed by atoms with van der Waals surface area (Å²) in [7, 11) is -3.43. The van der Waals surface area contributed by atoms with E-state index in [1.807, 2.05) is 35.2 Å². The van der Waals surface area contributed by atoms with E-state index in [0.29, 0.717) is 31.8 Å². The highest BCUT2D eigenvalue weighted by atomic mass is 32.2. The number of sulfonamides is 1. The van der Waals surface area contributed by atoms with E-state index in [1.54, 1.807) is 6.08 Å². The van der Waals surface area contributed by atoms with E-state index in [-0.39, 0.29) is 11.8 Å². The van der Waals surface area contributed by atoms with Crippen molar-refractivity contribution in [2.75, 3.05) is 26.2 Å². The summed E-state index contributed by atoms with van der Waals surface area (Å²) >= 11 is 0. The van der Waals surface area contributed by atoms with E-state index in [0.717, 1.165) is 31.5 Å². The van der Waals surface area contributed by atoms with Crippen LogP contribution in [0.5, 0.6) is 0 Å². The molecular formula is C20H28N2O3S. The van der Waals surface area contributed by atoms with Gasteiger partial charge >= 0.3 is 0 Å².